The van der Waals surface area contributed by atoms with Crippen LogP contribution in [0.25, 0.3) is 0 Å². The number of fused-ring (bicyclic) bond motifs is 2. The van der Waals surface area contributed by atoms with Crippen LogP contribution in [0, 0.1) is 5.82 Å². The van der Waals surface area contributed by atoms with E-state index >= 15 is 0 Å². The first-order valence-electron chi connectivity index (χ1n) is 9.80. The van der Waals surface area contributed by atoms with E-state index in [1.54, 1.807) is 0 Å². The molecule has 1 saturated heterocycles. The summed E-state index contributed by atoms with van der Waals surface area (Å²) in [6.45, 7) is 5.09. The first-order valence-corrected chi connectivity index (χ1v) is 9.80. The summed E-state index contributed by atoms with van der Waals surface area (Å²) in [6, 6.07) is 3.48. The summed E-state index contributed by atoms with van der Waals surface area (Å²) >= 11 is 0. The summed E-state index contributed by atoms with van der Waals surface area (Å²) in [6.07, 6.45) is 0.684. The molecule has 9 heteroatoms. The van der Waals surface area contributed by atoms with Crippen LogP contribution in [-0.4, -0.2) is 76.9 Å². The number of amides is 3. The van der Waals surface area contributed by atoms with Gasteiger partial charge in [0, 0.05) is 38.2 Å². The van der Waals surface area contributed by atoms with Gasteiger partial charge in [0.2, 0.25) is 0 Å². The van der Waals surface area contributed by atoms with Gasteiger partial charge < -0.3 is 20.3 Å². The highest BCUT2D eigenvalue weighted by molar-refractivity contribution is 6.08. The van der Waals surface area contributed by atoms with Crippen LogP contribution in [0.15, 0.2) is 18.2 Å². The van der Waals surface area contributed by atoms with Crippen LogP contribution in [0.2, 0.25) is 0 Å². The first-order chi connectivity index (χ1) is 13.7. The maximum atomic E-state index is 13.9. The molecular formula is C20H28FN3O5. The maximum absolute atomic E-state index is 13.9. The summed E-state index contributed by atoms with van der Waals surface area (Å²) in [5.41, 5.74) is -1.74. The molecule has 2 aliphatic heterocycles. The van der Waals surface area contributed by atoms with Crippen molar-refractivity contribution in [1.82, 2.24) is 15.1 Å². The van der Waals surface area contributed by atoms with Crippen molar-refractivity contribution in [2.75, 3.05) is 39.4 Å². The largest absolute Gasteiger partial charge is 0.487 e. The predicted molar refractivity (Wildman–Crippen MR) is 103 cm³/mol. The van der Waals surface area contributed by atoms with Gasteiger partial charge in [-0.15, -0.1) is 0 Å². The van der Waals surface area contributed by atoms with Gasteiger partial charge in [-0.1, -0.05) is 0 Å². The van der Waals surface area contributed by atoms with Gasteiger partial charge in [0.25, 0.3) is 5.91 Å². The van der Waals surface area contributed by atoms with Crippen molar-refractivity contribution >= 4 is 11.9 Å². The van der Waals surface area contributed by atoms with Gasteiger partial charge in [-0.2, -0.15) is 0 Å². The molecule has 160 valence electrons. The van der Waals surface area contributed by atoms with E-state index < -0.39 is 28.9 Å². The maximum Gasteiger partial charge on any atom is 0.325 e. The van der Waals surface area contributed by atoms with E-state index in [0.717, 1.165) is 4.90 Å². The molecule has 0 bridgehead atoms. The molecule has 2 heterocycles. The molecule has 0 aromatic heterocycles. The van der Waals surface area contributed by atoms with E-state index in [0.29, 0.717) is 37.4 Å². The lowest BCUT2D eigenvalue weighted by molar-refractivity contribution is -0.134. The Morgan fingerprint density at radius 3 is 2.55 bits per heavy atom. The molecule has 8 nitrogen and oxygen atoms in total. The Hall–Kier alpha value is -2.23. The fourth-order valence-electron chi connectivity index (χ4n) is 4.19. The summed E-state index contributed by atoms with van der Waals surface area (Å²) < 4.78 is 19.8. The highest BCUT2D eigenvalue weighted by Gasteiger charge is 2.58. The summed E-state index contributed by atoms with van der Waals surface area (Å²) in [5, 5.41) is 21.0. The second-order valence-corrected chi connectivity index (χ2v) is 8.11. The Bertz CT molecular complexity index is 781. The van der Waals surface area contributed by atoms with Crippen molar-refractivity contribution < 1.29 is 28.9 Å². The quantitative estimate of drug-likeness (QED) is 0.549. The molecule has 1 atom stereocenters. The topological polar surface area (TPSA) is 102 Å². The lowest BCUT2D eigenvalue weighted by Gasteiger charge is -2.42. The summed E-state index contributed by atoms with van der Waals surface area (Å²) in [4.78, 5) is 29.0. The number of benzene rings is 1. The van der Waals surface area contributed by atoms with Crippen molar-refractivity contribution in [2.45, 2.75) is 37.8 Å². The molecule has 3 rings (SSSR count). The highest BCUT2D eigenvalue weighted by atomic mass is 19.1. The third kappa shape index (κ3) is 4.22. The smallest absolute Gasteiger partial charge is 0.325 e. The van der Waals surface area contributed by atoms with Crippen molar-refractivity contribution in [1.29, 1.82) is 0 Å². The van der Waals surface area contributed by atoms with Gasteiger partial charge in [-0.3, -0.25) is 14.6 Å². The zero-order valence-corrected chi connectivity index (χ0v) is 16.8. The van der Waals surface area contributed by atoms with E-state index in [2.05, 4.69) is 5.32 Å². The fourth-order valence-corrected chi connectivity index (χ4v) is 4.19. The fraction of sp³-hybridized carbons (Fsp3) is 0.600. The van der Waals surface area contributed by atoms with Gasteiger partial charge in [-0.25, -0.2) is 9.18 Å². The lowest BCUT2D eigenvalue weighted by atomic mass is 9.77. The minimum absolute atomic E-state index is 0.0380. The normalized spacial score (nSPS) is 22.8. The Balaban J connectivity index is 1.80. The zero-order valence-electron chi connectivity index (χ0n) is 16.8. The van der Waals surface area contributed by atoms with Crippen LogP contribution >= 0.6 is 0 Å². The number of nitrogens with one attached hydrogen (secondary N) is 1. The second-order valence-electron chi connectivity index (χ2n) is 8.11. The van der Waals surface area contributed by atoms with Crippen LogP contribution in [0.1, 0.15) is 32.3 Å². The molecule has 1 aromatic rings. The number of nitrogens with zero attached hydrogens (tertiary/aromatic N) is 2. The van der Waals surface area contributed by atoms with E-state index in [4.69, 9.17) is 14.9 Å². The average Bonchev–Trinajstić information content (AvgIpc) is 2.86. The molecule has 29 heavy (non-hydrogen) atoms. The molecule has 0 saturated carbocycles. The number of rotatable bonds is 8. The number of ether oxygens (including phenoxy) is 1. The number of imide groups is 1. The molecule has 1 aromatic carbocycles. The number of halogens is 1. The summed E-state index contributed by atoms with van der Waals surface area (Å²) in [5.74, 6) is -0.535. The Labute approximate surface area is 169 Å². The number of urea groups is 1. The van der Waals surface area contributed by atoms with Crippen molar-refractivity contribution in [3.63, 3.8) is 0 Å². The molecule has 0 aliphatic carbocycles. The number of carbonyl (C=O) groups is 2. The summed E-state index contributed by atoms with van der Waals surface area (Å²) in [7, 11) is 0. The number of hydrogen-bond donors (Lipinski definition) is 3. The third-order valence-electron chi connectivity index (χ3n) is 5.34. The SMILES string of the molecule is CC1(C)CC2(NC(=O)N(CCCN(CCO)CCO)C2=O)c2cc(F)ccc2O1. The van der Waals surface area contributed by atoms with E-state index in [1.165, 1.54) is 18.2 Å². The predicted octanol–water partition coefficient (Wildman–Crippen LogP) is 0.811. The van der Waals surface area contributed by atoms with Gasteiger partial charge in [0.1, 0.15) is 17.2 Å². The van der Waals surface area contributed by atoms with Gasteiger partial charge in [0.15, 0.2) is 5.54 Å². The van der Waals surface area contributed by atoms with Gasteiger partial charge in [0.05, 0.1) is 13.2 Å². The number of aliphatic hydroxyl groups excluding tert-OH is 2. The van der Waals surface area contributed by atoms with Gasteiger partial charge >= 0.3 is 6.03 Å². The zero-order chi connectivity index (χ0) is 21.2. The molecular weight excluding hydrogens is 381 g/mol. The Kier molecular flexibility index (Phi) is 6.11. The van der Waals surface area contributed by atoms with Crippen molar-refractivity contribution in [3.05, 3.63) is 29.6 Å². The molecule has 1 unspecified atom stereocenters. The van der Waals surface area contributed by atoms with E-state index in [9.17, 15) is 14.0 Å². The van der Waals surface area contributed by atoms with Crippen LogP contribution in [0.5, 0.6) is 5.75 Å². The number of aliphatic hydroxyl groups is 2. The number of hydrogen-bond acceptors (Lipinski definition) is 6. The van der Waals surface area contributed by atoms with Crippen LogP contribution < -0.4 is 10.1 Å². The lowest BCUT2D eigenvalue weighted by Crippen LogP contribution is -2.53. The number of carbonyl (C=O) groups excluding carboxylic acids is 2. The first kappa shape index (κ1) is 21.5. The van der Waals surface area contributed by atoms with Crippen molar-refractivity contribution in [3.8, 4) is 5.75 Å². The minimum atomic E-state index is -1.36. The Morgan fingerprint density at radius 2 is 1.90 bits per heavy atom. The molecule has 3 N–H and O–H groups in total. The van der Waals surface area contributed by atoms with E-state index in [1.807, 2.05) is 18.7 Å². The van der Waals surface area contributed by atoms with Crippen LogP contribution in [-0.2, 0) is 10.3 Å². The molecule has 0 radical (unpaired) electrons. The standard InChI is InChI=1S/C20H28FN3O5/c1-19(2)13-20(15-12-14(21)4-5-16(15)29-19)17(27)24(18(28)22-20)7-3-6-23(8-10-25)9-11-26/h4-5,12,25-26H,3,6-11,13H2,1-2H3,(H,22,28). The highest BCUT2D eigenvalue weighted by Crippen LogP contribution is 2.46. The monoisotopic (exact) mass is 409 g/mol. The van der Waals surface area contributed by atoms with Crippen molar-refractivity contribution in [2.24, 2.45) is 0 Å². The molecule has 1 spiro atoms. The van der Waals surface area contributed by atoms with Gasteiger partial charge in [-0.05, 0) is 38.5 Å². The Morgan fingerprint density at radius 1 is 1.21 bits per heavy atom. The van der Waals surface area contributed by atoms with E-state index in [-0.39, 0.29) is 26.2 Å². The second kappa shape index (κ2) is 8.25. The molecule has 1 fully saturated rings. The molecule has 2 aliphatic rings. The molecule has 3 amide bonds. The minimum Gasteiger partial charge on any atom is -0.487 e. The van der Waals surface area contributed by atoms with Crippen LogP contribution in [0.4, 0.5) is 9.18 Å². The van der Waals surface area contributed by atoms with Crippen LogP contribution in [0.3, 0.4) is 0 Å². The third-order valence-corrected chi connectivity index (χ3v) is 5.34. The average molecular weight is 409 g/mol.